The fraction of sp³-hybridized carbons (Fsp3) is 0.353. The minimum Gasteiger partial charge on any atom is -0.292 e. The van der Waals surface area contributed by atoms with Crippen LogP contribution in [0.3, 0.4) is 0 Å². The van der Waals surface area contributed by atoms with E-state index in [0.717, 1.165) is 18.2 Å². The van der Waals surface area contributed by atoms with Gasteiger partial charge in [-0.1, -0.05) is 11.6 Å². The van der Waals surface area contributed by atoms with Gasteiger partial charge in [0, 0.05) is 6.42 Å². The molecule has 0 aliphatic carbocycles. The number of aromatic nitrogens is 2. The number of sulfonamides is 1. The van der Waals surface area contributed by atoms with E-state index < -0.39 is 25.7 Å². The lowest BCUT2D eigenvalue weighted by Gasteiger charge is -2.08. The second kappa shape index (κ2) is 8.42. The number of nitrogens with zero attached hydrogens (tertiary/aromatic N) is 2. The van der Waals surface area contributed by atoms with Crippen LogP contribution < -0.4 is 4.72 Å². The molecule has 1 aliphatic rings. The topological polar surface area (TPSA) is 123 Å². The summed E-state index contributed by atoms with van der Waals surface area (Å²) in [6, 6.07) is 3.03. The van der Waals surface area contributed by atoms with Crippen LogP contribution in [0.1, 0.15) is 29.0 Å². The largest absolute Gasteiger partial charge is 0.292 e. The zero-order valence-electron chi connectivity index (χ0n) is 15.0. The van der Waals surface area contributed by atoms with Gasteiger partial charge in [-0.15, -0.1) is 0 Å². The number of halogens is 2. The Labute approximate surface area is 172 Å². The number of rotatable bonds is 7. The molecule has 0 bridgehead atoms. The molecule has 0 saturated carbocycles. The summed E-state index contributed by atoms with van der Waals surface area (Å²) in [5, 5.41) is -0.314. The monoisotopic (exact) mass is 461 g/mol. The minimum atomic E-state index is -3.94. The van der Waals surface area contributed by atoms with Crippen molar-refractivity contribution in [1.82, 2.24) is 14.7 Å². The number of hydrogen-bond acceptors (Lipinski definition) is 7. The molecule has 1 aromatic carbocycles. The van der Waals surface area contributed by atoms with Crippen LogP contribution in [0.2, 0.25) is 5.02 Å². The maximum atomic E-state index is 13.2. The number of nitrogens with one attached hydrogen (secondary N) is 1. The van der Waals surface area contributed by atoms with Crippen molar-refractivity contribution in [3.8, 4) is 0 Å². The lowest BCUT2D eigenvalue weighted by molar-refractivity contribution is 0.0960. The van der Waals surface area contributed by atoms with E-state index in [2.05, 4.69) is 14.7 Å². The molecule has 29 heavy (non-hydrogen) atoms. The van der Waals surface area contributed by atoms with E-state index >= 15 is 0 Å². The average Bonchev–Trinajstić information content (AvgIpc) is 3.01. The summed E-state index contributed by atoms with van der Waals surface area (Å²) < 4.78 is 62.9. The predicted molar refractivity (Wildman–Crippen MR) is 103 cm³/mol. The Morgan fingerprint density at radius 3 is 2.62 bits per heavy atom. The van der Waals surface area contributed by atoms with Gasteiger partial charge in [-0.25, -0.2) is 30.9 Å². The highest BCUT2D eigenvalue weighted by Gasteiger charge is 2.30. The van der Waals surface area contributed by atoms with Gasteiger partial charge >= 0.3 is 0 Å². The number of sulfone groups is 1. The molecule has 156 valence electrons. The maximum Gasteiger partial charge on any atom is 0.240 e. The summed E-state index contributed by atoms with van der Waals surface area (Å²) in [6.45, 7) is -0.195. The first-order valence-electron chi connectivity index (χ1n) is 8.55. The molecule has 1 aliphatic heterocycles. The van der Waals surface area contributed by atoms with Crippen molar-refractivity contribution in [2.75, 3.05) is 11.5 Å². The van der Waals surface area contributed by atoms with Crippen molar-refractivity contribution in [3.05, 3.63) is 52.8 Å². The molecule has 1 fully saturated rings. The van der Waals surface area contributed by atoms with Crippen LogP contribution in [0.5, 0.6) is 0 Å². The van der Waals surface area contributed by atoms with Crippen molar-refractivity contribution in [1.29, 1.82) is 0 Å². The Morgan fingerprint density at radius 2 is 2.03 bits per heavy atom. The summed E-state index contributed by atoms with van der Waals surface area (Å²) in [6.07, 6.45) is 3.02. The quantitative estimate of drug-likeness (QED) is 0.623. The van der Waals surface area contributed by atoms with Gasteiger partial charge in [-0.05, 0) is 30.5 Å². The summed E-state index contributed by atoms with van der Waals surface area (Å²) in [5.41, 5.74) is 0.355. The molecule has 1 aromatic heterocycles. The van der Waals surface area contributed by atoms with Gasteiger partial charge in [0.05, 0.1) is 46.1 Å². The summed E-state index contributed by atoms with van der Waals surface area (Å²) in [4.78, 5) is 20.0. The molecular weight excluding hydrogens is 445 g/mol. The van der Waals surface area contributed by atoms with Crippen molar-refractivity contribution >= 4 is 37.2 Å². The normalized spacial score (nSPS) is 18.6. The molecule has 8 nitrogen and oxygen atoms in total. The third-order valence-electron chi connectivity index (χ3n) is 4.44. The number of hydrogen-bond donors (Lipinski definition) is 1. The van der Waals surface area contributed by atoms with E-state index in [0.29, 0.717) is 6.42 Å². The van der Waals surface area contributed by atoms with Crippen molar-refractivity contribution < 1.29 is 26.0 Å². The van der Waals surface area contributed by atoms with E-state index in [-0.39, 0.29) is 57.5 Å². The van der Waals surface area contributed by atoms with Crippen LogP contribution in [-0.4, -0.2) is 44.1 Å². The average molecular weight is 462 g/mol. The van der Waals surface area contributed by atoms with Crippen LogP contribution in [0, 0.1) is 11.7 Å². The molecule has 0 radical (unpaired) electrons. The standard InChI is InChI=1S/C17H17ClFN3O5S2/c18-14-6-13(1-2-15(14)19)29(26,27)22-8-12-7-21-16(9-20-12)17(23)5-11-3-4-28(24,25)10-11/h1-2,6-7,9,11,22H,3-5,8,10H2. The third-order valence-corrected chi connectivity index (χ3v) is 7.96. The van der Waals surface area contributed by atoms with Crippen molar-refractivity contribution in [2.45, 2.75) is 24.3 Å². The van der Waals surface area contributed by atoms with Gasteiger partial charge in [0.25, 0.3) is 0 Å². The van der Waals surface area contributed by atoms with Gasteiger partial charge in [0.1, 0.15) is 11.5 Å². The van der Waals surface area contributed by atoms with E-state index in [1.54, 1.807) is 0 Å². The van der Waals surface area contributed by atoms with Crippen LogP contribution in [0.4, 0.5) is 4.39 Å². The van der Waals surface area contributed by atoms with E-state index in [1.165, 1.54) is 12.4 Å². The number of Topliss-reactive ketones (excluding diaryl/α,β-unsaturated/α-hetero) is 1. The fourth-order valence-electron chi connectivity index (χ4n) is 2.89. The number of carbonyl (C=O) groups is 1. The van der Waals surface area contributed by atoms with E-state index in [1.807, 2.05) is 0 Å². The smallest absolute Gasteiger partial charge is 0.240 e. The van der Waals surface area contributed by atoms with Gasteiger partial charge in [-0.2, -0.15) is 0 Å². The Balaban J connectivity index is 1.60. The molecule has 0 spiro atoms. The highest BCUT2D eigenvalue weighted by atomic mass is 35.5. The highest BCUT2D eigenvalue weighted by molar-refractivity contribution is 7.91. The van der Waals surface area contributed by atoms with E-state index in [9.17, 15) is 26.0 Å². The Kier molecular flexibility index (Phi) is 6.32. The molecule has 2 aromatic rings. The SMILES string of the molecule is O=C(CC1CCS(=O)(=O)C1)c1cnc(CNS(=O)(=O)c2ccc(F)c(Cl)c2)cn1. The first-order valence-corrected chi connectivity index (χ1v) is 12.2. The van der Waals surface area contributed by atoms with E-state index in [4.69, 9.17) is 11.6 Å². The van der Waals surface area contributed by atoms with Crippen LogP contribution in [0.25, 0.3) is 0 Å². The number of ketones is 1. The molecule has 1 N–H and O–H groups in total. The lowest BCUT2D eigenvalue weighted by Crippen LogP contribution is -2.24. The number of benzene rings is 1. The molecule has 1 atom stereocenters. The molecule has 2 heterocycles. The molecule has 1 saturated heterocycles. The Morgan fingerprint density at radius 1 is 1.28 bits per heavy atom. The second-order valence-electron chi connectivity index (χ2n) is 6.69. The fourth-order valence-corrected chi connectivity index (χ4v) is 6.02. The zero-order valence-corrected chi connectivity index (χ0v) is 17.4. The van der Waals surface area contributed by atoms with Crippen molar-refractivity contribution in [2.24, 2.45) is 5.92 Å². The second-order valence-corrected chi connectivity index (χ2v) is 11.1. The molecule has 0 amide bonds. The minimum absolute atomic E-state index is 0.000562. The Bertz CT molecular complexity index is 1140. The molecule has 3 rings (SSSR count). The highest BCUT2D eigenvalue weighted by Crippen LogP contribution is 2.23. The first kappa shape index (κ1) is 21.8. The van der Waals surface area contributed by atoms with Crippen LogP contribution in [0.15, 0.2) is 35.5 Å². The molecule has 1 unspecified atom stereocenters. The molecular formula is C17H17ClFN3O5S2. The Hall–Kier alpha value is -1.95. The number of carbonyl (C=O) groups excluding carboxylic acids is 1. The van der Waals surface area contributed by atoms with Gasteiger partial charge in [-0.3, -0.25) is 9.78 Å². The molecule has 12 heteroatoms. The van der Waals surface area contributed by atoms with Crippen LogP contribution in [-0.2, 0) is 26.4 Å². The van der Waals surface area contributed by atoms with Gasteiger partial charge in [0.2, 0.25) is 10.0 Å². The van der Waals surface area contributed by atoms with Crippen LogP contribution >= 0.6 is 11.6 Å². The predicted octanol–water partition coefficient (Wildman–Crippen LogP) is 1.76. The van der Waals surface area contributed by atoms with Gasteiger partial charge in [0.15, 0.2) is 15.6 Å². The summed E-state index contributed by atoms with van der Waals surface area (Å²) in [7, 11) is -7.01. The van der Waals surface area contributed by atoms with Crippen molar-refractivity contribution in [3.63, 3.8) is 0 Å². The summed E-state index contributed by atoms with van der Waals surface area (Å²) in [5.74, 6) is -1.17. The lowest BCUT2D eigenvalue weighted by atomic mass is 10.0. The first-order chi connectivity index (χ1) is 13.6. The van der Waals surface area contributed by atoms with Gasteiger partial charge < -0.3 is 0 Å². The maximum absolute atomic E-state index is 13.2. The summed E-state index contributed by atoms with van der Waals surface area (Å²) >= 11 is 5.61. The third kappa shape index (κ3) is 5.56. The zero-order chi connectivity index (χ0) is 21.2.